The Kier molecular flexibility index (Phi) is 4.06. The highest BCUT2D eigenvalue weighted by atomic mass is 35.5. The molecule has 2 aromatic rings. The molecular formula is C15H12ClF3O. The second-order valence-electron chi connectivity index (χ2n) is 4.66. The van der Waals surface area contributed by atoms with E-state index in [2.05, 4.69) is 0 Å². The number of halogens is 4. The van der Waals surface area contributed by atoms with Crippen LogP contribution in [0.5, 0.6) is 0 Å². The molecule has 5 heteroatoms. The molecule has 0 spiro atoms. The van der Waals surface area contributed by atoms with Crippen molar-refractivity contribution in [2.24, 2.45) is 0 Å². The average Bonchev–Trinajstić information content (AvgIpc) is 2.38. The summed E-state index contributed by atoms with van der Waals surface area (Å²) in [6, 6.07) is 4.82. The molecule has 0 saturated carbocycles. The molecule has 0 fully saturated rings. The van der Waals surface area contributed by atoms with Crippen LogP contribution in [0.1, 0.15) is 28.4 Å². The van der Waals surface area contributed by atoms with Gasteiger partial charge in [0.15, 0.2) is 17.5 Å². The van der Waals surface area contributed by atoms with E-state index in [1.807, 2.05) is 13.8 Å². The summed E-state index contributed by atoms with van der Waals surface area (Å²) in [4.78, 5) is 0. The molecule has 2 rings (SSSR count). The van der Waals surface area contributed by atoms with Crippen molar-refractivity contribution in [1.82, 2.24) is 0 Å². The van der Waals surface area contributed by atoms with Crippen LogP contribution in [0.4, 0.5) is 13.2 Å². The van der Waals surface area contributed by atoms with E-state index < -0.39 is 23.6 Å². The smallest absolute Gasteiger partial charge is 0.194 e. The first-order valence-corrected chi connectivity index (χ1v) is 6.28. The molecule has 0 aliphatic carbocycles. The summed E-state index contributed by atoms with van der Waals surface area (Å²) in [7, 11) is 0. The van der Waals surface area contributed by atoms with Gasteiger partial charge in [-0.2, -0.15) is 0 Å². The number of rotatable bonds is 2. The molecule has 0 aliphatic rings. The molecule has 0 bridgehead atoms. The minimum absolute atomic E-state index is 0.0912. The van der Waals surface area contributed by atoms with Gasteiger partial charge in [0, 0.05) is 10.6 Å². The van der Waals surface area contributed by atoms with Crippen LogP contribution in [0.3, 0.4) is 0 Å². The highest BCUT2D eigenvalue weighted by Gasteiger charge is 2.19. The van der Waals surface area contributed by atoms with Gasteiger partial charge in [-0.3, -0.25) is 0 Å². The first-order chi connectivity index (χ1) is 9.31. The molecular weight excluding hydrogens is 289 g/mol. The number of hydrogen-bond acceptors (Lipinski definition) is 1. The van der Waals surface area contributed by atoms with Crippen molar-refractivity contribution >= 4 is 11.6 Å². The Labute approximate surface area is 119 Å². The topological polar surface area (TPSA) is 20.2 Å². The van der Waals surface area contributed by atoms with E-state index in [0.29, 0.717) is 5.56 Å². The van der Waals surface area contributed by atoms with Gasteiger partial charge in [-0.25, -0.2) is 13.2 Å². The van der Waals surface area contributed by atoms with Crippen LogP contribution in [0.25, 0.3) is 0 Å². The molecule has 20 heavy (non-hydrogen) atoms. The van der Waals surface area contributed by atoms with Crippen LogP contribution < -0.4 is 0 Å². The quantitative estimate of drug-likeness (QED) is 0.812. The fourth-order valence-electron chi connectivity index (χ4n) is 1.93. The lowest BCUT2D eigenvalue weighted by molar-refractivity contribution is 0.218. The molecule has 2 aromatic carbocycles. The third-order valence-corrected chi connectivity index (χ3v) is 3.56. The average molecular weight is 301 g/mol. The Balaban J connectivity index is 2.51. The summed E-state index contributed by atoms with van der Waals surface area (Å²) in [5.41, 5.74) is 2.04. The number of aliphatic hydroxyl groups excluding tert-OH is 1. The van der Waals surface area contributed by atoms with E-state index in [1.54, 1.807) is 12.1 Å². The van der Waals surface area contributed by atoms with Crippen LogP contribution in [0, 0.1) is 31.3 Å². The van der Waals surface area contributed by atoms with Gasteiger partial charge >= 0.3 is 0 Å². The molecule has 0 aliphatic heterocycles. The fourth-order valence-corrected chi connectivity index (χ4v) is 2.25. The number of aliphatic hydroxyl groups is 1. The zero-order valence-electron chi connectivity index (χ0n) is 10.8. The van der Waals surface area contributed by atoms with Crippen LogP contribution in [-0.2, 0) is 0 Å². The van der Waals surface area contributed by atoms with Crippen LogP contribution in [0.15, 0.2) is 24.3 Å². The number of benzene rings is 2. The predicted octanol–water partition coefficient (Wildman–Crippen LogP) is 4.46. The van der Waals surface area contributed by atoms with E-state index >= 15 is 0 Å². The van der Waals surface area contributed by atoms with Crippen LogP contribution >= 0.6 is 11.6 Å². The highest BCUT2D eigenvalue weighted by Crippen LogP contribution is 2.31. The number of hydrogen-bond donors (Lipinski definition) is 1. The Hall–Kier alpha value is -1.52. The van der Waals surface area contributed by atoms with E-state index in [9.17, 15) is 18.3 Å². The summed E-state index contributed by atoms with van der Waals surface area (Å²) in [5.74, 6) is -4.26. The third-order valence-electron chi connectivity index (χ3n) is 3.23. The van der Waals surface area contributed by atoms with Crippen molar-refractivity contribution in [2.45, 2.75) is 20.0 Å². The Bertz CT molecular complexity index is 647. The largest absolute Gasteiger partial charge is 0.384 e. The molecule has 0 aromatic heterocycles. The van der Waals surface area contributed by atoms with Gasteiger partial charge in [0.25, 0.3) is 0 Å². The summed E-state index contributed by atoms with van der Waals surface area (Å²) in [5, 5.41) is 10.5. The Morgan fingerprint density at radius 2 is 1.45 bits per heavy atom. The molecule has 1 unspecified atom stereocenters. The predicted molar refractivity (Wildman–Crippen MR) is 71.3 cm³/mol. The van der Waals surface area contributed by atoms with Crippen LogP contribution in [-0.4, -0.2) is 5.11 Å². The second kappa shape index (κ2) is 5.46. The maximum Gasteiger partial charge on any atom is 0.194 e. The summed E-state index contributed by atoms with van der Waals surface area (Å²) >= 11 is 6.04. The van der Waals surface area contributed by atoms with Crippen molar-refractivity contribution in [1.29, 1.82) is 0 Å². The molecule has 1 atom stereocenters. The maximum atomic E-state index is 13.2. The SMILES string of the molecule is Cc1cc(Cl)c(C(O)c2cc(F)c(F)c(F)c2)cc1C. The zero-order chi connectivity index (χ0) is 15.0. The van der Waals surface area contributed by atoms with Crippen molar-refractivity contribution in [3.05, 3.63) is 69.0 Å². The minimum atomic E-state index is -1.56. The van der Waals surface area contributed by atoms with Gasteiger partial charge in [-0.1, -0.05) is 17.7 Å². The van der Waals surface area contributed by atoms with Gasteiger partial charge in [-0.05, 0) is 48.7 Å². The van der Waals surface area contributed by atoms with Crippen molar-refractivity contribution < 1.29 is 18.3 Å². The molecule has 1 N–H and O–H groups in total. The lowest BCUT2D eigenvalue weighted by Crippen LogP contribution is -2.04. The van der Waals surface area contributed by atoms with Gasteiger partial charge in [-0.15, -0.1) is 0 Å². The van der Waals surface area contributed by atoms with Crippen molar-refractivity contribution in [3.8, 4) is 0 Å². The maximum absolute atomic E-state index is 13.2. The first kappa shape index (κ1) is 14.9. The second-order valence-corrected chi connectivity index (χ2v) is 5.07. The van der Waals surface area contributed by atoms with E-state index in [1.165, 1.54) is 0 Å². The van der Waals surface area contributed by atoms with Crippen molar-refractivity contribution in [2.75, 3.05) is 0 Å². The molecule has 0 amide bonds. The lowest BCUT2D eigenvalue weighted by Gasteiger charge is -2.15. The molecule has 0 radical (unpaired) electrons. The molecule has 0 heterocycles. The Morgan fingerprint density at radius 3 is 2.00 bits per heavy atom. The zero-order valence-corrected chi connectivity index (χ0v) is 11.6. The standard InChI is InChI=1S/C15H12ClF3O/c1-7-3-10(11(16)4-8(7)2)15(20)9-5-12(17)14(19)13(18)6-9/h3-6,15,20H,1-2H3. The monoisotopic (exact) mass is 300 g/mol. The molecule has 106 valence electrons. The third kappa shape index (κ3) is 2.67. The van der Waals surface area contributed by atoms with E-state index in [0.717, 1.165) is 23.3 Å². The summed E-state index contributed by atoms with van der Waals surface area (Å²) in [6.45, 7) is 3.68. The van der Waals surface area contributed by atoms with Gasteiger partial charge in [0.2, 0.25) is 0 Å². The first-order valence-electron chi connectivity index (χ1n) is 5.90. The fraction of sp³-hybridized carbons (Fsp3) is 0.200. The summed E-state index contributed by atoms with van der Waals surface area (Å²) < 4.78 is 39.3. The van der Waals surface area contributed by atoms with E-state index in [-0.39, 0.29) is 10.6 Å². The van der Waals surface area contributed by atoms with Gasteiger partial charge in [0.1, 0.15) is 6.10 Å². The lowest BCUT2D eigenvalue weighted by atomic mass is 9.97. The molecule has 1 nitrogen and oxygen atoms in total. The Morgan fingerprint density at radius 1 is 0.950 bits per heavy atom. The highest BCUT2D eigenvalue weighted by molar-refractivity contribution is 6.31. The minimum Gasteiger partial charge on any atom is -0.384 e. The van der Waals surface area contributed by atoms with Crippen LogP contribution in [0.2, 0.25) is 5.02 Å². The molecule has 0 saturated heterocycles. The normalized spacial score (nSPS) is 12.6. The number of aryl methyl sites for hydroxylation is 2. The van der Waals surface area contributed by atoms with E-state index in [4.69, 9.17) is 11.6 Å². The summed E-state index contributed by atoms with van der Waals surface area (Å²) in [6.07, 6.45) is -1.33. The van der Waals surface area contributed by atoms with Gasteiger partial charge < -0.3 is 5.11 Å². The van der Waals surface area contributed by atoms with Crippen molar-refractivity contribution in [3.63, 3.8) is 0 Å². The van der Waals surface area contributed by atoms with Gasteiger partial charge in [0.05, 0.1) is 0 Å².